The van der Waals surface area contributed by atoms with Crippen molar-refractivity contribution in [2.24, 2.45) is 7.05 Å². The van der Waals surface area contributed by atoms with Crippen LogP contribution in [0.4, 0.5) is 0 Å². The zero-order valence-corrected chi connectivity index (χ0v) is 11.6. The summed E-state index contributed by atoms with van der Waals surface area (Å²) in [5, 5.41) is 7.82. The van der Waals surface area contributed by atoms with Gasteiger partial charge in [-0.1, -0.05) is 6.92 Å². The summed E-state index contributed by atoms with van der Waals surface area (Å²) in [5.74, 6) is 0. The number of nitrogens with one attached hydrogen (secondary N) is 1. The van der Waals surface area contributed by atoms with Gasteiger partial charge in [-0.3, -0.25) is 9.58 Å². The molecule has 0 aliphatic carbocycles. The Morgan fingerprint density at radius 2 is 2.44 bits per heavy atom. The molecule has 1 N–H and O–H groups in total. The molecule has 2 atom stereocenters. The Labute approximate surface area is 109 Å². The lowest BCUT2D eigenvalue weighted by molar-refractivity contribution is -0.0466. The van der Waals surface area contributed by atoms with E-state index in [4.69, 9.17) is 4.74 Å². The molecule has 1 aromatic rings. The molecule has 0 saturated carbocycles. The molecule has 0 aromatic carbocycles. The van der Waals surface area contributed by atoms with Gasteiger partial charge in [0.05, 0.1) is 24.4 Å². The Morgan fingerprint density at radius 1 is 1.61 bits per heavy atom. The fraction of sp³-hybridized carbons (Fsp3) is 0.769. The first-order valence-electron chi connectivity index (χ1n) is 6.75. The first kappa shape index (κ1) is 13.5. The first-order chi connectivity index (χ1) is 8.74. The van der Waals surface area contributed by atoms with E-state index in [1.165, 1.54) is 6.42 Å². The Balaban J connectivity index is 2.03. The van der Waals surface area contributed by atoms with Gasteiger partial charge in [-0.25, -0.2) is 0 Å². The van der Waals surface area contributed by atoms with Crippen molar-refractivity contribution in [2.75, 3.05) is 33.3 Å². The molecule has 5 heteroatoms. The topological polar surface area (TPSA) is 42.3 Å². The van der Waals surface area contributed by atoms with Crippen molar-refractivity contribution in [3.63, 3.8) is 0 Å². The SMILES string of the molecule is CCCN1CCOC(C(NC)c2ccn(C)n2)C1. The lowest BCUT2D eigenvalue weighted by Gasteiger charge is -2.36. The monoisotopic (exact) mass is 252 g/mol. The maximum Gasteiger partial charge on any atom is 0.0912 e. The fourth-order valence-corrected chi connectivity index (χ4v) is 2.58. The van der Waals surface area contributed by atoms with E-state index < -0.39 is 0 Å². The molecule has 1 aromatic heterocycles. The van der Waals surface area contributed by atoms with Gasteiger partial charge in [0.15, 0.2) is 0 Å². The normalized spacial score (nSPS) is 23.2. The molecule has 2 unspecified atom stereocenters. The van der Waals surface area contributed by atoms with Crippen LogP contribution in [0.5, 0.6) is 0 Å². The van der Waals surface area contributed by atoms with Crippen molar-refractivity contribution in [3.8, 4) is 0 Å². The Morgan fingerprint density at radius 3 is 3.06 bits per heavy atom. The predicted octanol–water partition coefficient (Wildman–Crippen LogP) is 0.791. The largest absolute Gasteiger partial charge is 0.374 e. The number of hydrogen-bond acceptors (Lipinski definition) is 4. The van der Waals surface area contributed by atoms with Crippen LogP contribution in [-0.4, -0.2) is 54.1 Å². The van der Waals surface area contributed by atoms with Crippen LogP contribution in [0.1, 0.15) is 25.1 Å². The predicted molar refractivity (Wildman–Crippen MR) is 71.5 cm³/mol. The number of ether oxygens (including phenoxy) is 1. The van der Waals surface area contributed by atoms with Crippen molar-refractivity contribution in [3.05, 3.63) is 18.0 Å². The van der Waals surface area contributed by atoms with Gasteiger partial charge in [-0.05, 0) is 26.1 Å². The number of morpholine rings is 1. The van der Waals surface area contributed by atoms with E-state index in [9.17, 15) is 0 Å². The summed E-state index contributed by atoms with van der Waals surface area (Å²) < 4.78 is 7.76. The highest BCUT2D eigenvalue weighted by atomic mass is 16.5. The third kappa shape index (κ3) is 3.10. The van der Waals surface area contributed by atoms with Gasteiger partial charge in [0.2, 0.25) is 0 Å². The molecule has 2 heterocycles. The third-order valence-electron chi connectivity index (χ3n) is 3.45. The number of likely N-dealkylation sites (N-methyl/N-ethyl adjacent to an activating group) is 1. The molecule has 2 rings (SSSR count). The second kappa shape index (κ2) is 6.31. The van der Waals surface area contributed by atoms with Gasteiger partial charge < -0.3 is 10.1 Å². The highest BCUT2D eigenvalue weighted by Gasteiger charge is 2.29. The summed E-state index contributed by atoms with van der Waals surface area (Å²) in [6.45, 7) is 6.21. The van der Waals surface area contributed by atoms with Crippen LogP contribution < -0.4 is 5.32 Å². The molecule has 1 fully saturated rings. The van der Waals surface area contributed by atoms with Gasteiger partial charge in [0, 0.05) is 26.3 Å². The average molecular weight is 252 g/mol. The van der Waals surface area contributed by atoms with Crippen LogP contribution in [0, 0.1) is 0 Å². The molecule has 0 bridgehead atoms. The summed E-state index contributed by atoms with van der Waals surface area (Å²) in [6, 6.07) is 2.23. The average Bonchev–Trinajstić information content (AvgIpc) is 2.78. The zero-order valence-electron chi connectivity index (χ0n) is 11.6. The van der Waals surface area contributed by atoms with Gasteiger partial charge in [0.1, 0.15) is 0 Å². The molecule has 1 aliphatic rings. The van der Waals surface area contributed by atoms with Crippen molar-refractivity contribution in [1.29, 1.82) is 0 Å². The molecule has 18 heavy (non-hydrogen) atoms. The maximum absolute atomic E-state index is 5.92. The molecule has 1 saturated heterocycles. The van der Waals surface area contributed by atoms with E-state index in [2.05, 4.69) is 28.3 Å². The summed E-state index contributed by atoms with van der Waals surface area (Å²) in [4.78, 5) is 2.47. The van der Waals surface area contributed by atoms with Gasteiger partial charge in [0.25, 0.3) is 0 Å². The maximum atomic E-state index is 5.92. The molecule has 1 aliphatic heterocycles. The second-order valence-corrected chi connectivity index (χ2v) is 4.89. The smallest absolute Gasteiger partial charge is 0.0912 e. The molecule has 102 valence electrons. The zero-order chi connectivity index (χ0) is 13.0. The summed E-state index contributed by atoms with van der Waals surface area (Å²) in [6.07, 6.45) is 3.36. The van der Waals surface area contributed by atoms with Crippen LogP contribution in [0.2, 0.25) is 0 Å². The number of hydrogen-bond donors (Lipinski definition) is 1. The number of rotatable bonds is 5. The van der Waals surface area contributed by atoms with Gasteiger partial charge >= 0.3 is 0 Å². The van der Waals surface area contributed by atoms with Gasteiger partial charge in [-0.2, -0.15) is 5.10 Å². The fourth-order valence-electron chi connectivity index (χ4n) is 2.58. The molecular weight excluding hydrogens is 228 g/mol. The van der Waals surface area contributed by atoms with Crippen molar-refractivity contribution < 1.29 is 4.74 Å². The van der Waals surface area contributed by atoms with Crippen LogP contribution in [0.25, 0.3) is 0 Å². The van der Waals surface area contributed by atoms with Crippen molar-refractivity contribution in [1.82, 2.24) is 20.0 Å². The Bertz CT molecular complexity index is 364. The quantitative estimate of drug-likeness (QED) is 0.841. The standard InChI is InChI=1S/C13H24N4O/c1-4-6-17-8-9-18-12(10-17)13(14-2)11-5-7-16(3)15-11/h5,7,12-14H,4,6,8-10H2,1-3H3. The molecular formula is C13H24N4O. The van der Waals surface area contributed by atoms with Crippen LogP contribution in [0.3, 0.4) is 0 Å². The van der Waals surface area contributed by atoms with E-state index in [1.54, 1.807) is 0 Å². The van der Waals surface area contributed by atoms with Crippen LogP contribution >= 0.6 is 0 Å². The minimum absolute atomic E-state index is 0.172. The molecule has 0 spiro atoms. The van der Waals surface area contributed by atoms with Crippen LogP contribution in [-0.2, 0) is 11.8 Å². The lowest BCUT2D eigenvalue weighted by atomic mass is 10.1. The van der Waals surface area contributed by atoms with E-state index in [-0.39, 0.29) is 12.1 Å². The summed E-state index contributed by atoms with van der Waals surface area (Å²) in [5.41, 5.74) is 1.06. The third-order valence-corrected chi connectivity index (χ3v) is 3.45. The van der Waals surface area contributed by atoms with Crippen molar-refractivity contribution >= 4 is 0 Å². The Hall–Kier alpha value is -0.910. The minimum atomic E-state index is 0.172. The van der Waals surface area contributed by atoms with Crippen LogP contribution in [0.15, 0.2) is 12.3 Å². The minimum Gasteiger partial charge on any atom is -0.374 e. The number of nitrogens with zero attached hydrogens (tertiary/aromatic N) is 3. The highest BCUT2D eigenvalue weighted by molar-refractivity contribution is 5.08. The second-order valence-electron chi connectivity index (χ2n) is 4.89. The Kier molecular flexibility index (Phi) is 4.74. The van der Waals surface area contributed by atoms with E-state index in [0.29, 0.717) is 0 Å². The molecule has 0 amide bonds. The molecule has 5 nitrogen and oxygen atoms in total. The van der Waals surface area contributed by atoms with Crippen molar-refractivity contribution in [2.45, 2.75) is 25.5 Å². The van der Waals surface area contributed by atoms with E-state index in [0.717, 1.165) is 31.9 Å². The lowest BCUT2D eigenvalue weighted by Crippen LogP contribution is -2.47. The summed E-state index contributed by atoms with van der Waals surface area (Å²) >= 11 is 0. The van der Waals surface area contributed by atoms with Gasteiger partial charge in [-0.15, -0.1) is 0 Å². The summed E-state index contributed by atoms with van der Waals surface area (Å²) in [7, 11) is 3.92. The van der Waals surface area contributed by atoms with E-state index >= 15 is 0 Å². The molecule has 0 radical (unpaired) electrons. The van der Waals surface area contributed by atoms with E-state index in [1.807, 2.05) is 25.0 Å². The number of aromatic nitrogens is 2. The number of aryl methyl sites for hydroxylation is 1. The first-order valence-corrected chi connectivity index (χ1v) is 6.75. The highest BCUT2D eigenvalue weighted by Crippen LogP contribution is 2.20.